The van der Waals surface area contributed by atoms with Crippen LogP contribution in [0.3, 0.4) is 0 Å². The summed E-state index contributed by atoms with van der Waals surface area (Å²) in [7, 11) is -3.96. The normalized spacial score (nSPS) is 21.0. The Morgan fingerprint density at radius 3 is 2.41 bits per heavy atom. The minimum atomic E-state index is -3.96. The van der Waals surface area contributed by atoms with E-state index in [4.69, 9.17) is 4.74 Å². The van der Waals surface area contributed by atoms with E-state index in [1.54, 1.807) is 20.8 Å². The second-order valence-electron chi connectivity index (χ2n) is 7.84. The zero-order valence-electron chi connectivity index (χ0n) is 15.6. The molecule has 3 heterocycles. The summed E-state index contributed by atoms with van der Waals surface area (Å²) in [5.41, 5.74) is -0.299. The number of halogens is 2. The monoisotopic (exact) mass is 406 g/mol. The standard InChI is InChI=1S/C16H24F2N4O4S/c1-15(2,3)26-14(23)20-8-9-22-12(11-20)13(10-19-22)27(24,25)21-6-4-16(17,18)5-7-21/h10H,4-9,11H2,1-3H3. The molecule has 1 amide bonds. The molecule has 1 fully saturated rings. The third kappa shape index (κ3) is 4.23. The maximum atomic E-state index is 13.4. The smallest absolute Gasteiger partial charge is 0.410 e. The Balaban J connectivity index is 1.81. The molecular weight excluding hydrogens is 382 g/mol. The molecule has 0 saturated carbocycles. The zero-order valence-corrected chi connectivity index (χ0v) is 16.4. The number of hydrogen-bond donors (Lipinski definition) is 0. The number of fused-ring (bicyclic) bond motifs is 1. The molecular formula is C16H24F2N4O4S. The number of sulfonamides is 1. The maximum Gasteiger partial charge on any atom is 0.410 e. The molecule has 11 heteroatoms. The minimum Gasteiger partial charge on any atom is -0.444 e. The van der Waals surface area contributed by atoms with Gasteiger partial charge >= 0.3 is 6.09 Å². The summed E-state index contributed by atoms with van der Waals surface area (Å²) >= 11 is 0. The number of piperidine rings is 1. The van der Waals surface area contributed by atoms with E-state index in [1.807, 2.05) is 0 Å². The van der Waals surface area contributed by atoms with Crippen molar-refractivity contribution in [3.8, 4) is 0 Å². The average Bonchev–Trinajstić information content (AvgIpc) is 2.96. The maximum absolute atomic E-state index is 13.4. The van der Waals surface area contributed by atoms with Crippen LogP contribution in [0.4, 0.5) is 13.6 Å². The van der Waals surface area contributed by atoms with Crippen LogP contribution in [0, 0.1) is 0 Å². The Morgan fingerprint density at radius 2 is 1.81 bits per heavy atom. The van der Waals surface area contributed by atoms with Crippen LogP contribution in [0.2, 0.25) is 0 Å². The molecule has 0 spiro atoms. The van der Waals surface area contributed by atoms with Crippen molar-refractivity contribution in [2.75, 3.05) is 19.6 Å². The van der Waals surface area contributed by atoms with E-state index in [0.29, 0.717) is 18.8 Å². The van der Waals surface area contributed by atoms with E-state index in [1.165, 1.54) is 15.8 Å². The lowest BCUT2D eigenvalue weighted by Gasteiger charge is -2.32. The first kappa shape index (κ1) is 20.0. The lowest BCUT2D eigenvalue weighted by molar-refractivity contribution is -0.0412. The number of carbonyl (C=O) groups is 1. The lowest BCUT2D eigenvalue weighted by Crippen LogP contribution is -2.44. The van der Waals surface area contributed by atoms with Gasteiger partial charge in [0.25, 0.3) is 5.92 Å². The number of nitrogens with zero attached hydrogens (tertiary/aromatic N) is 4. The summed E-state index contributed by atoms with van der Waals surface area (Å²) in [5.74, 6) is -2.84. The van der Waals surface area contributed by atoms with Gasteiger partial charge in [0, 0.05) is 32.5 Å². The highest BCUT2D eigenvalue weighted by atomic mass is 32.2. The molecule has 0 N–H and O–H groups in total. The molecule has 8 nitrogen and oxygen atoms in total. The SMILES string of the molecule is CC(C)(C)OC(=O)N1CCn2ncc(S(=O)(=O)N3CCC(F)(F)CC3)c2C1. The van der Waals surface area contributed by atoms with Crippen molar-refractivity contribution in [2.45, 2.75) is 63.1 Å². The van der Waals surface area contributed by atoms with Gasteiger partial charge in [0.05, 0.1) is 25.0 Å². The van der Waals surface area contributed by atoms with Gasteiger partial charge in [0.1, 0.15) is 10.5 Å². The molecule has 1 saturated heterocycles. The topological polar surface area (TPSA) is 84.7 Å². The van der Waals surface area contributed by atoms with Crippen LogP contribution >= 0.6 is 0 Å². The largest absolute Gasteiger partial charge is 0.444 e. The van der Waals surface area contributed by atoms with Gasteiger partial charge in [-0.05, 0) is 20.8 Å². The highest BCUT2D eigenvalue weighted by molar-refractivity contribution is 7.89. The fourth-order valence-electron chi connectivity index (χ4n) is 3.11. The first-order valence-electron chi connectivity index (χ1n) is 8.80. The molecule has 0 radical (unpaired) electrons. The fourth-order valence-corrected chi connectivity index (χ4v) is 4.70. The molecule has 0 aliphatic carbocycles. The van der Waals surface area contributed by atoms with Crippen LogP contribution < -0.4 is 0 Å². The van der Waals surface area contributed by atoms with Crippen molar-refractivity contribution in [2.24, 2.45) is 0 Å². The number of hydrogen-bond acceptors (Lipinski definition) is 5. The lowest BCUT2D eigenvalue weighted by atomic mass is 10.1. The number of rotatable bonds is 2. The first-order chi connectivity index (χ1) is 12.4. The summed E-state index contributed by atoms with van der Waals surface area (Å²) in [4.78, 5) is 13.7. The summed E-state index contributed by atoms with van der Waals surface area (Å²) in [6.07, 6.45) is -0.300. The number of carbonyl (C=O) groups excluding carboxylic acids is 1. The average molecular weight is 406 g/mol. The summed E-state index contributed by atoms with van der Waals surface area (Å²) in [6.45, 7) is 5.49. The number of alkyl halides is 2. The number of ether oxygens (including phenoxy) is 1. The number of amides is 1. The van der Waals surface area contributed by atoms with Crippen molar-refractivity contribution in [1.29, 1.82) is 0 Å². The van der Waals surface area contributed by atoms with Crippen LogP contribution in [0.15, 0.2) is 11.1 Å². The third-order valence-corrected chi connectivity index (χ3v) is 6.50. The van der Waals surface area contributed by atoms with Gasteiger partial charge in [-0.2, -0.15) is 9.40 Å². The van der Waals surface area contributed by atoms with E-state index < -0.39 is 40.5 Å². The Bertz CT molecular complexity index is 822. The first-order valence-corrected chi connectivity index (χ1v) is 10.2. The van der Waals surface area contributed by atoms with Crippen molar-refractivity contribution in [3.05, 3.63) is 11.9 Å². The molecule has 152 valence electrons. The predicted molar refractivity (Wildman–Crippen MR) is 91.8 cm³/mol. The molecule has 1 aromatic rings. The molecule has 0 unspecified atom stereocenters. The van der Waals surface area contributed by atoms with Crippen LogP contribution in [-0.2, 0) is 27.8 Å². The highest BCUT2D eigenvalue weighted by Crippen LogP contribution is 2.32. The third-order valence-electron chi connectivity index (χ3n) is 4.56. The summed E-state index contributed by atoms with van der Waals surface area (Å²) < 4.78 is 60.5. The van der Waals surface area contributed by atoms with Gasteiger partial charge in [-0.15, -0.1) is 0 Å². The van der Waals surface area contributed by atoms with Crippen molar-refractivity contribution in [1.82, 2.24) is 19.0 Å². The van der Waals surface area contributed by atoms with Crippen LogP contribution in [0.5, 0.6) is 0 Å². The van der Waals surface area contributed by atoms with Crippen molar-refractivity contribution in [3.63, 3.8) is 0 Å². The second-order valence-corrected chi connectivity index (χ2v) is 9.75. The van der Waals surface area contributed by atoms with E-state index in [0.717, 1.165) is 4.31 Å². The van der Waals surface area contributed by atoms with Gasteiger partial charge in [0.15, 0.2) is 0 Å². The fraction of sp³-hybridized carbons (Fsp3) is 0.750. The van der Waals surface area contributed by atoms with Crippen LogP contribution in [0.1, 0.15) is 39.3 Å². The van der Waals surface area contributed by atoms with E-state index in [9.17, 15) is 22.0 Å². The Hall–Kier alpha value is -1.75. The van der Waals surface area contributed by atoms with Crippen LogP contribution in [-0.4, -0.2) is 64.7 Å². The quantitative estimate of drug-likeness (QED) is 0.751. The van der Waals surface area contributed by atoms with Gasteiger partial charge in [0.2, 0.25) is 10.0 Å². The highest BCUT2D eigenvalue weighted by Gasteiger charge is 2.40. The van der Waals surface area contributed by atoms with Crippen LogP contribution in [0.25, 0.3) is 0 Å². The predicted octanol–water partition coefficient (Wildman–Crippen LogP) is 2.05. The molecule has 0 atom stereocenters. The Labute approximate surface area is 157 Å². The van der Waals surface area contributed by atoms with E-state index in [2.05, 4.69) is 5.10 Å². The number of aromatic nitrogens is 2. The van der Waals surface area contributed by atoms with Gasteiger partial charge in [-0.25, -0.2) is 22.0 Å². The molecule has 3 rings (SSSR count). The van der Waals surface area contributed by atoms with Crippen molar-refractivity contribution >= 4 is 16.1 Å². The van der Waals surface area contributed by atoms with Crippen molar-refractivity contribution < 1.29 is 26.7 Å². The van der Waals surface area contributed by atoms with Gasteiger partial charge in [-0.3, -0.25) is 4.68 Å². The van der Waals surface area contributed by atoms with Gasteiger partial charge < -0.3 is 9.64 Å². The minimum absolute atomic E-state index is 0.0352. The molecule has 0 bridgehead atoms. The van der Waals surface area contributed by atoms with Gasteiger partial charge in [-0.1, -0.05) is 0 Å². The Morgan fingerprint density at radius 1 is 1.19 bits per heavy atom. The summed E-state index contributed by atoms with van der Waals surface area (Å²) in [5, 5.41) is 4.10. The molecule has 27 heavy (non-hydrogen) atoms. The molecule has 1 aromatic heterocycles. The summed E-state index contributed by atoms with van der Waals surface area (Å²) in [6, 6.07) is 0. The molecule has 2 aliphatic rings. The van der Waals surface area contributed by atoms with E-state index in [-0.39, 0.29) is 24.5 Å². The van der Waals surface area contributed by atoms with E-state index >= 15 is 0 Å². The molecule has 2 aliphatic heterocycles. The zero-order chi connectivity index (χ0) is 20.0. The Kier molecular flexibility index (Phi) is 4.96. The molecule has 0 aromatic carbocycles. The second kappa shape index (κ2) is 6.69.